The van der Waals surface area contributed by atoms with Gasteiger partial charge in [-0.25, -0.2) is 0 Å². The van der Waals surface area contributed by atoms with Gasteiger partial charge < -0.3 is 20.5 Å². The van der Waals surface area contributed by atoms with E-state index < -0.39 is 11.1 Å². The molecule has 0 saturated heterocycles. The highest BCUT2D eigenvalue weighted by Crippen LogP contribution is 2.21. The van der Waals surface area contributed by atoms with Crippen LogP contribution in [0.25, 0.3) is 0 Å². The van der Waals surface area contributed by atoms with Crippen LogP contribution in [0.15, 0.2) is 29.2 Å². The molecule has 0 spiro atoms. The molecule has 2 aromatic rings. The minimum atomic E-state index is -1.55. The van der Waals surface area contributed by atoms with Crippen LogP contribution >= 0.6 is 22.9 Å². The minimum absolute atomic E-state index is 0.224. The highest BCUT2D eigenvalue weighted by Gasteiger charge is 2.10. The lowest BCUT2D eigenvalue weighted by molar-refractivity contribution is 0.402. The Bertz CT molecular complexity index is 603. The number of nitrogens with two attached hydrogens (primary N) is 1. The van der Waals surface area contributed by atoms with Gasteiger partial charge in [0.2, 0.25) is 11.6 Å². The summed E-state index contributed by atoms with van der Waals surface area (Å²) in [5.74, 6) is 1.66. The van der Waals surface area contributed by atoms with Gasteiger partial charge in [0.15, 0.2) is 11.1 Å². The minimum Gasteiger partial charge on any atom is -0.546 e. The second-order valence-electron chi connectivity index (χ2n) is 5.16. The number of nitrogens with one attached hydrogen (secondary N) is 1. The largest absolute Gasteiger partial charge is 0.546 e. The molecule has 0 aliphatic rings. The Hall–Kier alpha value is -1.35. The van der Waals surface area contributed by atoms with Crippen LogP contribution in [0.2, 0.25) is 0 Å². The zero-order chi connectivity index (χ0) is 15.9. The Labute approximate surface area is 138 Å². The summed E-state index contributed by atoms with van der Waals surface area (Å²) in [6.07, 6.45) is 0.960. The molecule has 0 bridgehead atoms. The van der Waals surface area contributed by atoms with Crippen molar-refractivity contribution in [3.05, 3.63) is 29.8 Å². The van der Waals surface area contributed by atoms with Gasteiger partial charge in [0.05, 0.1) is 0 Å². The van der Waals surface area contributed by atoms with Crippen LogP contribution in [0.3, 0.4) is 0 Å². The second kappa shape index (κ2) is 8.33. The first-order chi connectivity index (χ1) is 10.5. The van der Waals surface area contributed by atoms with E-state index >= 15 is 0 Å². The fourth-order valence-electron chi connectivity index (χ4n) is 1.96. The van der Waals surface area contributed by atoms with E-state index in [1.165, 1.54) is 10.5 Å². The van der Waals surface area contributed by atoms with Crippen molar-refractivity contribution in [3.8, 4) is 0 Å². The lowest BCUT2D eigenvalue weighted by atomic mass is 10.2. The Morgan fingerprint density at radius 1 is 1.36 bits per heavy atom. The first-order valence-electron chi connectivity index (χ1n) is 7.00. The van der Waals surface area contributed by atoms with Crippen molar-refractivity contribution in [3.63, 3.8) is 0 Å². The van der Waals surface area contributed by atoms with Crippen molar-refractivity contribution in [2.45, 2.75) is 17.9 Å². The first kappa shape index (κ1) is 17.0. The van der Waals surface area contributed by atoms with E-state index in [0.717, 1.165) is 25.3 Å². The van der Waals surface area contributed by atoms with Crippen LogP contribution < -0.4 is 11.1 Å². The topological polar surface area (TPSA) is 90.1 Å². The van der Waals surface area contributed by atoms with E-state index in [1.54, 1.807) is 0 Å². The highest BCUT2D eigenvalue weighted by molar-refractivity contribution is 7.99. The molecular weight excluding hydrogens is 318 g/mol. The predicted octanol–water partition coefficient (Wildman–Crippen LogP) is 2.44. The third-order valence-electron chi connectivity index (χ3n) is 2.87. The zero-order valence-electron chi connectivity index (χ0n) is 12.8. The summed E-state index contributed by atoms with van der Waals surface area (Å²) < 4.78 is 18.5. The number of nitrogens with zero attached hydrogens (tertiary/aromatic N) is 3. The molecule has 0 saturated carbocycles. The Kier molecular flexibility index (Phi) is 6.44. The molecule has 0 amide bonds. The zero-order valence-corrected chi connectivity index (χ0v) is 14.4. The van der Waals surface area contributed by atoms with Crippen molar-refractivity contribution in [2.24, 2.45) is 0 Å². The van der Waals surface area contributed by atoms with Crippen LogP contribution in [-0.2, 0) is 6.54 Å². The van der Waals surface area contributed by atoms with Gasteiger partial charge in [0.1, 0.15) is 0 Å². The number of hydrogen-bond acceptors (Lipinski definition) is 7. The molecule has 2 rings (SSSR count). The maximum atomic E-state index is 11.1. The molecule has 0 fully saturated rings. The van der Waals surface area contributed by atoms with Gasteiger partial charge in [0.25, 0.3) is 0 Å². The second-order valence-corrected chi connectivity index (χ2v) is 7.16. The Morgan fingerprint density at radius 2 is 2.18 bits per heavy atom. The van der Waals surface area contributed by atoms with Gasteiger partial charge in [-0.3, -0.25) is 0 Å². The average Bonchev–Trinajstić information content (AvgIpc) is 2.76. The smallest absolute Gasteiger partial charge is 0.232 e. The number of thioether (sulfide) groups is 1. The van der Waals surface area contributed by atoms with Crippen molar-refractivity contribution < 1.29 is 4.55 Å². The maximum absolute atomic E-state index is 11.1. The van der Waals surface area contributed by atoms with E-state index in [-0.39, 0.29) is 5.82 Å². The van der Waals surface area contributed by atoms with Crippen molar-refractivity contribution in [1.29, 1.82) is 0 Å². The van der Waals surface area contributed by atoms with Gasteiger partial charge in [-0.05, 0) is 44.0 Å². The van der Waals surface area contributed by atoms with E-state index in [2.05, 4.69) is 57.3 Å². The summed E-state index contributed by atoms with van der Waals surface area (Å²) in [7, 11) is 4.14. The first-order valence-corrected chi connectivity index (χ1v) is 9.05. The monoisotopic (exact) mass is 339 g/mol. The summed E-state index contributed by atoms with van der Waals surface area (Å²) in [6, 6.07) is 8.60. The SMILES string of the molecule is CN(C)Cc1cccc(SCCCNc2n[s+]([O-])nc2N)c1. The van der Waals surface area contributed by atoms with E-state index in [4.69, 9.17) is 5.73 Å². The predicted molar refractivity (Wildman–Crippen MR) is 92.8 cm³/mol. The van der Waals surface area contributed by atoms with Crippen LogP contribution in [0.5, 0.6) is 0 Å². The molecule has 3 N–H and O–H groups in total. The van der Waals surface area contributed by atoms with Gasteiger partial charge in [-0.1, -0.05) is 12.1 Å². The number of anilines is 2. The third kappa shape index (κ3) is 5.45. The van der Waals surface area contributed by atoms with Crippen LogP contribution in [0.1, 0.15) is 12.0 Å². The molecule has 0 aliphatic carbocycles. The molecule has 22 heavy (non-hydrogen) atoms. The van der Waals surface area contributed by atoms with Crippen LogP contribution in [0.4, 0.5) is 11.6 Å². The summed E-state index contributed by atoms with van der Waals surface area (Å²) in [6.45, 7) is 1.68. The number of nitrogen functional groups attached to an aromatic ring is 1. The molecule has 1 heterocycles. The molecular formula is C14H21N5OS2. The fraction of sp³-hybridized carbons (Fsp3) is 0.429. The molecule has 1 aromatic heterocycles. The van der Waals surface area contributed by atoms with E-state index in [1.807, 2.05) is 11.8 Å². The van der Waals surface area contributed by atoms with Gasteiger partial charge in [-0.2, -0.15) is 0 Å². The average molecular weight is 339 g/mol. The Balaban J connectivity index is 1.71. The van der Waals surface area contributed by atoms with Gasteiger partial charge >= 0.3 is 0 Å². The molecule has 0 aliphatic heterocycles. The standard InChI is InChI=1S/C14H21N5OS2/c1-19(2)10-11-5-3-6-12(9-11)21-8-4-7-16-14-13(15)17-22(20)18-14/h3,5-6,9H,4,7-8,10H2,1-2H3,(H2,15,17)(H,16,18). The molecule has 0 radical (unpaired) electrons. The number of aromatic nitrogens is 2. The quantitative estimate of drug-likeness (QED) is 0.434. The van der Waals surface area contributed by atoms with Gasteiger partial charge in [-0.15, -0.1) is 11.8 Å². The summed E-state index contributed by atoms with van der Waals surface area (Å²) in [5, 5.41) is 3.07. The van der Waals surface area contributed by atoms with E-state index in [0.29, 0.717) is 5.82 Å². The van der Waals surface area contributed by atoms with Crippen molar-refractivity contribution in [1.82, 2.24) is 13.6 Å². The van der Waals surface area contributed by atoms with E-state index in [9.17, 15) is 4.55 Å². The maximum Gasteiger partial charge on any atom is 0.232 e. The molecule has 1 unspecified atom stereocenters. The van der Waals surface area contributed by atoms with Crippen LogP contribution in [0, 0.1) is 0 Å². The summed E-state index contributed by atoms with van der Waals surface area (Å²) in [4.78, 5) is 3.44. The molecule has 8 heteroatoms. The van der Waals surface area contributed by atoms with Crippen molar-refractivity contribution >= 4 is 34.5 Å². The normalized spacial score (nSPS) is 11.9. The third-order valence-corrected chi connectivity index (χ3v) is 4.64. The van der Waals surface area contributed by atoms with Gasteiger partial charge in [0, 0.05) is 26.7 Å². The summed E-state index contributed by atoms with van der Waals surface area (Å²) >= 11 is 0.277. The molecule has 1 atom stereocenters. The molecule has 6 nitrogen and oxygen atoms in total. The number of benzene rings is 1. The molecule has 1 aromatic carbocycles. The fourth-order valence-corrected chi connectivity index (χ4v) is 3.51. The van der Waals surface area contributed by atoms with Crippen LogP contribution in [-0.4, -0.2) is 44.6 Å². The number of hydrogen-bond donors (Lipinski definition) is 2. The Morgan fingerprint density at radius 3 is 2.86 bits per heavy atom. The number of rotatable bonds is 8. The lowest BCUT2D eigenvalue weighted by Crippen LogP contribution is -2.10. The lowest BCUT2D eigenvalue weighted by Gasteiger charge is -2.10. The highest BCUT2D eigenvalue weighted by atomic mass is 32.2. The van der Waals surface area contributed by atoms with Crippen molar-refractivity contribution in [2.75, 3.05) is 37.4 Å². The molecule has 120 valence electrons. The summed E-state index contributed by atoms with van der Waals surface area (Å²) in [5.41, 5.74) is 6.91.